The summed E-state index contributed by atoms with van der Waals surface area (Å²) < 4.78 is 5.17. The average molecular weight is 480 g/mol. The molecule has 0 aromatic heterocycles. The molecule has 2 aromatic carbocycles. The standard InChI is InChI=1S/C27H37N5O3/c1-31(2)22-8-4-19(5-9-22)15-28-21-14-25-27(34)30-17-23(32(25)18-21)10-13-26(33)29-16-20-6-11-24(35-3)12-7-20/h4-9,11-12,21,23,25,28H,10,13-18H2,1-3H3,(H,29,33)(H,30,34)/t21-,23+,25-/m0/s1. The topological polar surface area (TPSA) is 85.9 Å². The second kappa shape index (κ2) is 11.6. The summed E-state index contributed by atoms with van der Waals surface area (Å²) in [7, 11) is 5.71. The van der Waals surface area contributed by atoms with Crippen molar-refractivity contribution in [1.29, 1.82) is 0 Å². The Kier molecular flexibility index (Phi) is 8.25. The van der Waals surface area contributed by atoms with Crippen molar-refractivity contribution in [2.75, 3.05) is 39.2 Å². The van der Waals surface area contributed by atoms with Crippen molar-refractivity contribution < 1.29 is 14.3 Å². The van der Waals surface area contributed by atoms with Crippen molar-refractivity contribution >= 4 is 17.5 Å². The molecule has 8 nitrogen and oxygen atoms in total. The van der Waals surface area contributed by atoms with Crippen LogP contribution in [0.3, 0.4) is 0 Å². The van der Waals surface area contributed by atoms with Crippen LogP contribution in [0.1, 0.15) is 30.4 Å². The van der Waals surface area contributed by atoms with Crippen molar-refractivity contribution in [2.45, 2.75) is 50.5 Å². The Hall–Kier alpha value is -3.10. The Morgan fingerprint density at radius 3 is 2.46 bits per heavy atom. The highest BCUT2D eigenvalue weighted by Gasteiger charge is 2.43. The fourth-order valence-corrected chi connectivity index (χ4v) is 4.90. The fraction of sp³-hybridized carbons (Fsp3) is 0.481. The summed E-state index contributed by atoms with van der Waals surface area (Å²) >= 11 is 0. The molecule has 2 amide bonds. The minimum atomic E-state index is -0.121. The van der Waals surface area contributed by atoms with E-state index in [1.807, 2.05) is 38.4 Å². The lowest BCUT2D eigenvalue weighted by Crippen LogP contribution is -2.58. The molecule has 2 aliphatic heterocycles. The number of piperazine rings is 1. The van der Waals surface area contributed by atoms with E-state index in [4.69, 9.17) is 4.74 Å². The minimum Gasteiger partial charge on any atom is -0.497 e. The lowest BCUT2D eigenvalue weighted by atomic mass is 10.0. The molecule has 2 aliphatic rings. The second-order valence-corrected chi connectivity index (χ2v) is 9.65. The number of methoxy groups -OCH3 is 1. The van der Waals surface area contributed by atoms with Crippen LogP contribution in [0.5, 0.6) is 5.75 Å². The van der Waals surface area contributed by atoms with E-state index in [0.717, 1.165) is 37.2 Å². The van der Waals surface area contributed by atoms with E-state index in [-0.39, 0.29) is 29.9 Å². The first-order valence-electron chi connectivity index (χ1n) is 12.4. The van der Waals surface area contributed by atoms with Crippen LogP contribution in [0.4, 0.5) is 5.69 Å². The number of amides is 2. The number of carbonyl (C=O) groups is 2. The maximum absolute atomic E-state index is 12.5. The highest BCUT2D eigenvalue weighted by atomic mass is 16.5. The van der Waals surface area contributed by atoms with Crippen LogP contribution in [0.2, 0.25) is 0 Å². The van der Waals surface area contributed by atoms with Gasteiger partial charge in [0.1, 0.15) is 5.75 Å². The van der Waals surface area contributed by atoms with Crippen molar-refractivity contribution in [2.24, 2.45) is 0 Å². The van der Waals surface area contributed by atoms with Gasteiger partial charge in [-0.05, 0) is 48.2 Å². The van der Waals surface area contributed by atoms with Crippen LogP contribution in [0, 0.1) is 0 Å². The normalized spacial score (nSPS) is 21.8. The molecule has 0 aliphatic carbocycles. The molecule has 35 heavy (non-hydrogen) atoms. The van der Waals surface area contributed by atoms with Crippen LogP contribution in [-0.2, 0) is 22.7 Å². The van der Waals surface area contributed by atoms with Gasteiger partial charge in [-0.2, -0.15) is 0 Å². The lowest BCUT2D eigenvalue weighted by Gasteiger charge is -2.37. The van der Waals surface area contributed by atoms with Gasteiger partial charge < -0.3 is 25.6 Å². The predicted octanol–water partition coefficient (Wildman–Crippen LogP) is 1.89. The largest absolute Gasteiger partial charge is 0.497 e. The number of carbonyl (C=O) groups excluding carboxylic acids is 2. The van der Waals surface area contributed by atoms with Gasteiger partial charge in [0.05, 0.1) is 13.2 Å². The first kappa shape index (κ1) is 25.0. The van der Waals surface area contributed by atoms with Gasteiger partial charge in [-0.15, -0.1) is 0 Å². The smallest absolute Gasteiger partial charge is 0.237 e. The van der Waals surface area contributed by atoms with E-state index in [9.17, 15) is 9.59 Å². The number of fused-ring (bicyclic) bond motifs is 1. The third-order valence-corrected chi connectivity index (χ3v) is 7.02. The molecule has 0 bridgehead atoms. The van der Waals surface area contributed by atoms with Gasteiger partial charge in [-0.3, -0.25) is 14.5 Å². The zero-order valence-corrected chi connectivity index (χ0v) is 20.9. The van der Waals surface area contributed by atoms with Crippen LogP contribution in [0.25, 0.3) is 0 Å². The summed E-state index contributed by atoms with van der Waals surface area (Å²) in [6.45, 7) is 2.70. The number of nitrogens with one attached hydrogen (secondary N) is 3. The monoisotopic (exact) mass is 479 g/mol. The summed E-state index contributed by atoms with van der Waals surface area (Å²) in [6.07, 6.45) is 1.96. The van der Waals surface area contributed by atoms with E-state index in [1.165, 1.54) is 11.3 Å². The third-order valence-electron chi connectivity index (χ3n) is 7.02. The third kappa shape index (κ3) is 6.52. The number of hydrogen-bond acceptors (Lipinski definition) is 6. The van der Waals surface area contributed by atoms with Crippen LogP contribution in [-0.4, -0.2) is 69.1 Å². The maximum Gasteiger partial charge on any atom is 0.237 e. The molecule has 4 rings (SSSR count). The first-order chi connectivity index (χ1) is 16.9. The van der Waals surface area contributed by atoms with Gasteiger partial charge in [0.2, 0.25) is 11.8 Å². The summed E-state index contributed by atoms with van der Waals surface area (Å²) in [5, 5.41) is 9.68. The first-order valence-corrected chi connectivity index (χ1v) is 12.4. The van der Waals surface area contributed by atoms with Crippen molar-refractivity contribution in [3.05, 3.63) is 59.7 Å². The van der Waals surface area contributed by atoms with E-state index >= 15 is 0 Å². The average Bonchev–Trinajstić information content (AvgIpc) is 3.32. The zero-order chi connectivity index (χ0) is 24.8. The molecule has 8 heteroatoms. The lowest BCUT2D eigenvalue weighted by molar-refractivity contribution is -0.129. The maximum atomic E-state index is 12.5. The molecular formula is C27H37N5O3. The summed E-state index contributed by atoms with van der Waals surface area (Å²) in [5.74, 6) is 0.934. The minimum absolute atomic E-state index is 0.0318. The molecule has 2 fully saturated rings. The Bertz CT molecular complexity index is 993. The van der Waals surface area contributed by atoms with Crippen LogP contribution < -0.4 is 25.6 Å². The Labute approximate surface area is 208 Å². The van der Waals surface area contributed by atoms with Gasteiger partial charge in [0.25, 0.3) is 0 Å². The Morgan fingerprint density at radius 2 is 1.77 bits per heavy atom. The molecule has 0 unspecified atom stereocenters. The Morgan fingerprint density at radius 1 is 1.09 bits per heavy atom. The number of nitrogens with zero attached hydrogens (tertiary/aromatic N) is 2. The number of anilines is 1. The van der Waals surface area contributed by atoms with Gasteiger partial charge in [-0.25, -0.2) is 0 Å². The number of benzene rings is 2. The molecule has 2 heterocycles. The molecule has 2 saturated heterocycles. The molecule has 2 aromatic rings. The predicted molar refractivity (Wildman–Crippen MR) is 137 cm³/mol. The molecule has 3 N–H and O–H groups in total. The summed E-state index contributed by atoms with van der Waals surface area (Å²) in [4.78, 5) is 29.4. The van der Waals surface area contributed by atoms with E-state index < -0.39 is 0 Å². The van der Waals surface area contributed by atoms with Gasteiger partial charge in [0, 0.05) is 64.5 Å². The Balaban J connectivity index is 1.24. The van der Waals surface area contributed by atoms with Crippen molar-refractivity contribution in [1.82, 2.24) is 20.9 Å². The number of hydrogen-bond donors (Lipinski definition) is 3. The van der Waals surface area contributed by atoms with Crippen LogP contribution in [0.15, 0.2) is 48.5 Å². The number of rotatable bonds is 10. The molecular weight excluding hydrogens is 442 g/mol. The molecule has 188 valence electrons. The van der Waals surface area contributed by atoms with Gasteiger partial charge in [0.15, 0.2) is 0 Å². The second-order valence-electron chi connectivity index (χ2n) is 9.65. The van der Waals surface area contributed by atoms with Gasteiger partial charge in [-0.1, -0.05) is 24.3 Å². The van der Waals surface area contributed by atoms with Crippen LogP contribution >= 0.6 is 0 Å². The van der Waals surface area contributed by atoms with E-state index in [1.54, 1.807) is 7.11 Å². The quantitative estimate of drug-likeness (QED) is 0.483. The van der Waals surface area contributed by atoms with E-state index in [2.05, 4.69) is 50.0 Å². The highest BCUT2D eigenvalue weighted by molar-refractivity contribution is 5.83. The SMILES string of the molecule is COc1ccc(CNC(=O)CC[C@@H]2CNC(=O)[C@@H]3C[C@H](NCc4ccc(N(C)C)cc4)CN23)cc1. The fourth-order valence-electron chi connectivity index (χ4n) is 4.90. The summed E-state index contributed by atoms with van der Waals surface area (Å²) in [5.41, 5.74) is 3.45. The van der Waals surface area contributed by atoms with Crippen molar-refractivity contribution in [3.8, 4) is 5.75 Å². The molecule has 0 saturated carbocycles. The highest BCUT2D eigenvalue weighted by Crippen LogP contribution is 2.26. The van der Waals surface area contributed by atoms with Crippen molar-refractivity contribution in [3.63, 3.8) is 0 Å². The number of ether oxygens (including phenoxy) is 1. The zero-order valence-electron chi connectivity index (χ0n) is 20.9. The molecule has 0 spiro atoms. The molecule has 0 radical (unpaired) electrons. The van der Waals surface area contributed by atoms with Gasteiger partial charge >= 0.3 is 0 Å². The van der Waals surface area contributed by atoms with E-state index in [0.29, 0.717) is 19.5 Å². The molecule has 3 atom stereocenters. The summed E-state index contributed by atoms with van der Waals surface area (Å²) in [6, 6.07) is 16.5.